The number of nitrogens with zero attached hydrogens (tertiary/aromatic N) is 1. The monoisotopic (exact) mass is 325 g/mol. The van der Waals surface area contributed by atoms with Crippen LogP contribution in [0.3, 0.4) is 0 Å². The lowest BCUT2D eigenvalue weighted by Gasteiger charge is -2.36. The normalized spacial score (nSPS) is 11.6. The van der Waals surface area contributed by atoms with Crippen molar-refractivity contribution in [3.63, 3.8) is 0 Å². The van der Waals surface area contributed by atoms with Gasteiger partial charge in [-0.15, -0.1) is 0 Å². The number of hydrogen-bond acceptors (Lipinski definition) is 3. The molecule has 1 rings (SSSR count). The highest BCUT2D eigenvalue weighted by Crippen LogP contribution is 2.23. The molecule has 0 aliphatic heterocycles. The van der Waals surface area contributed by atoms with Crippen molar-refractivity contribution in [3.8, 4) is 5.75 Å². The first kappa shape index (κ1) is 19.4. The molecule has 1 aromatic rings. The number of ether oxygens (including phenoxy) is 2. The lowest BCUT2D eigenvalue weighted by atomic mass is 10.0. The maximum absolute atomic E-state index is 13.0. The van der Waals surface area contributed by atoms with E-state index in [4.69, 9.17) is 9.47 Å². The summed E-state index contributed by atoms with van der Waals surface area (Å²) in [6, 6.07) is 5.84. The standard InChI is InChI=1S/C18H28FNO3/c1-6-15(7-2)20(12-13-22-5)17(21)18(3,4)23-16-10-8-14(19)9-11-16/h8-11,15H,6-7,12-13H2,1-5H3. The van der Waals surface area contributed by atoms with Crippen LogP contribution in [0.2, 0.25) is 0 Å². The van der Waals surface area contributed by atoms with Crippen LogP contribution in [0, 0.1) is 5.82 Å². The van der Waals surface area contributed by atoms with Crippen LogP contribution in [0.4, 0.5) is 4.39 Å². The van der Waals surface area contributed by atoms with Gasteiger partial charge in [0.25, 0.3) is 5.91 Å². The Morgan fingerprint density at radius 3 is 2.26 bits per heavy atom. The Kier molecular flexibility index (Phi) is 7.49. The summed E-state index contributed by atoms with van der Waals surface area (Å²) >= 11 is 0. The van der Waals surface area contributed by atoms with Gasteiger partial charge in [0, 0.05) is 19.7 Å². The SMILES string of the molecule is CCC(CC)N(CCOC)C(=O)C(C)(C)Oc1ccc(F)cc1. The molecule has 0 saturated heterocycles. The van der Waals surface area contributed by atoms with Gasteiger partial charge in [-0.3, -0.25) is 4.79 Å². The van der Waals surface area contributed by atoms with Gasteiger partial charge in [0.15, 0.2) is 5.60 Å². The Balaban J connectivity index is 2.91. The molecule has 130 valence electrons. The Hall–Kier alpha value is -1.62. The van der Waals surface area contributed by atoms with Crippen molar-refractivity contribution in [1.82, 2.24) is 4.90 Å². The molecule has 0 saturated carbocycles. The minimum atomic E-state index is -1.03. The molecule has 0 fully saturated rings. The fourth-order valence-corrected chi connectivity index (χ4v) is 2.56. The predicted octanol–water partition coefficient (Wildman–Crippen LogP) is 3.65. The largest absolute Gasteiger partial charge is 0.478 e. The van der Waals surface area contributed by atoms with Gasteiger partial charge in [0.1, 0.15) is 11.6 Å². The molecule has 0 unspecified atom stereocenters. The molecule has 23 heavy (non-hydrogen) atoms. The smallest absolute Gasteiger partial charge is 0.266 e. The molecule has 0 N–H and O–H groups in total. The first-order valence-corrected chi connectivity index (χ1v) is 8.10. The number of carbonyl (C=O) groups excluding carboxylic acids is 1. The zero-order chi connectivity index (χ0) is 17.5. The van der Waals surface area contributed by atoms with Crippen molar-refractivity contribution in [2.75, 3.05) is 20.3 Å². The molecule has 0 bridgehead atoms. The van der Waals surface area contributed by atoms with Gasteiger partial charge in [0.05, 0.1) is 6.61 Å². The number of amides is 1. The van der Waals surface area contributed by atoms with Crippen LogP contribution in [0.5, 0.6) is 5.75 Å². The van der Waals surface area contributed by atoms with E-state index in [1.165, 1.54) is 24.3 Å². The molecule has 1 amide bonds. The second kappa shape index (κ2) is 8.87. The van der Waals surface area contributed by atoms with Gasteiger partial charge >= 0.3 is 0 Å². The van der Waals surface area contributed by atoms with E-state index in [0.717, 1.165) is 12.8 Å². The molecule has 0 heterocycles. The van der Waals surface area contributed by atoms with E-state index in [-0.39, 0.29) is 17.8 Å². The quantitative estimate of drug-likeness (QED) is 0.696. The lowest BCUT2D eigenvalue weighted by Crippen LogP contribution is -2.53. The molecule has 1 aromatic carbocycles. The Labute approximate surface area is 138 Å². The van der Waals surface area contributed by atoms with Crippen LogP contribution in [0.1, 0.15) is 40.5 Å². The first-order chi connectivity index (χ1) is 10.9. The fourth-order valence-electron chi connectivity index (χ4n) is 2.56. The van der Waals surface area contributed by atoms with Crippen molar-refractivity contribution in [3.05, 3.63) is 30.1 Å². The molecule has 4 nitrogen and oxygen atoms in total. The number of hydrogen-bond donors (Lipinski definition) is 0. The average Bonchev–Trinajstić information content (AvgIpc) is 2.53. The fraction of sp³-hybridized carbons (Fsp3) is 0.611. The molecular weight excluding hydrogens is 297 g/mol. The van der Waals surface area contributed by atoms with Crippen LogP contribution >= 0.6 is 0 Å². The van der Waals surface area contributed by atoms with Crippen LogP contribution in [-0.2, 0) is 9.53 Å². The van der Waals surface area contributed by atoms with E-state index >= 15 is 0 Å². The minimum absolute atomic E-state index is 0.0902. The summed E-state index contributed by atoms with van der Waals surface area (Å²) in [6.45, 7) is 8.61. The Morgan fingerprint density at radius 1 is 1.22 bits per heavy atom. The highest BCUT2D eigenvalue weighted by Gasteiger charge is 2.36. The van der Waals surface area contributed by atoms with Gasteiger partial charge < -0.3 is 14.4 Å². The highest BCUT2D eigenvalue weighted by molar-refractivity contribution is 5.85. The van der Waals surface area contributed by atoms with Crippen LogP contribution in [0.25, 0.3) is 0 Å². The summed E-state index contributed by atoms with van der Waals surface area (Å²) in [4.78, 5) is 14.8. The zero-order valence-corrected chi connectivity index (χ0v) is 14.8. The van der Waals surface area contributed by atoms with Gasteiger partial charge in [-0.25, -0.2) is 4.39 Å². The maximum Gasteiger partial charge on any atom is 0.266 e. The number of carbonyl (C=O) groups is 1. The second-order valence-electron chi connectivity index (χ2n) is 6.03. The third kappa shape index (κ3) is 5.50. The van der Waals surface area contributed by atoms with Crippen molar-refractivity contribution < 1.29 is 18.7 Å². The summed E-state index contributed by atoms with van der Waals surface area (Å²) < 4.78 is 23.9. The van der Waals surface area contributed by atoms with Crippen LogP contribution < -0.4 is 4.74 Å². The molecule has 0 aliphatic rings. The minimum Gasteiger partial charge on any atom is -0.478 e. The van der Waals surface area contributed by atoms with Gasteiger partial charge in [-0.05, 0) is 51.0 Å². The average molecular weight is 325 g/mol. The van der Waals surface area contributed by atoms with Gasteiger partial charge in [-0.1, -0.05) is 13.8 Å². The Morgan fingerprint density at radius 2 is 1.78 bits per heavy atom. The molecule has 0 aromatic heterocycles. The van der Waals surface area contributed by atoms with E-state index in [9.17, 15) is 9.18 Å². The van der Waals surface area contributed by atoms with E-state index in [1.54, 1.807) is 21.0 Å². The molecular formula is C18H28FNO3. The first-order valence-electron chi connectivity index (χ1n) is 8.10. The van der Waals surface area contributed by atoms with E-state index < -0.39 is 5.60 Å². The summed E-state index contributed by atoms with van der Waals surface area (Å²) in [5.41, 5.74) is -1.03. The molecule has 0 atom stereocenters. The van der Waals surface area contributed by atoms with Crippen LogP contribution in [0.15, 0.2) is 24.3 Å². The van der Waals surface area contributed by atoms with E-state index in [2.05, 4.69) is 13.8 Å². The molecule has 5 heteroatoms. The zero-order valence-electron chi connectivity index (χ0n) is 14.8. The number of methoxy groups -OCH3 is 1. The number of rotatable bonds is 9. The van der Waals surface area contributed by atoms with Gasteiger partial charge in [-0.2, -0.15) is 0 Å². The maximum atomic E-state index is 13.0. The third-order valence-electron chi connectivity index (χ3n) is 3.88. The lowest BCUT2D eigenvalue weighted by molar-refractivity contribution is -0.149. The van der Waals surface area contributed by atoms with Crippen LogP contribution in [-0.4, -0.2) is 42.7 Å². The van der Waals surface area contributed by atoms with E-state index in [1.807, 2.05) is 4.90 Å². The third-order valence-corrected chi connectivity index (χ3v) is 3.88. The molecule has 0 spiro atoms. The van der Waals surface area contributed by atoms with Crippen molar-refractivity contribution in [2.24, 2.45) is 0 Å². The molecule has 0 radical (unpaired) electrons. The summed E-state index contributed by atoms with van der Waals surface area (Å²) in [5.74, 6) is 0.0498. The van der Waals surface area contributed by atoms with Crippen molar-refractivity contribution in [2.45, 2.75) is 52.2 Å². The highest BCUT2D eigenvalue weighted by atomic mass is 19.1. The predicted molar refractivity (Wildman–Crippen MR) is 89.1 cm³/mol. The Bertz CT molecular complexity index is 484. The number of halogens is 1. The summed E-state index contributed by atoms with van der Waals surface area (Å²) in [7, 11) is 1.62. The topological polar surface area (TPSA) is 38.8 Å². The molecule has 0 aliphatic carbocycles. The second-order valence-corrected chi connectivity index (χ2v) is 6.03. The van der Waals surface area contributed by atoms with Crippen molar-refractivity contribution in [1.29, 1.82) is 0 Å². The number of benzene rings is 1. The van der Waals surface area contributed by atoms with Gasteiger partial charge in [0.2, 0.25) is 0 Å². The van der Waals surface area contributed by atoms with Crippen molar-refractivity contribution >= 4 is 5.91 Å². The van der Waals surface area contributed by atoms with E-state index in [0.29, 0.717) is 18.9 Å². The summed E-state index contributed by atoms with van der Waals surface area (Å²) in [6.07, 6.45) is 1.75. The summed E-state index contributed by atoms with van der Waals surface area (Å²) in [5, 5.41) is 0.